The zero-order chi connectivity index (χ0) is 19.3. The van der Waals surface area contributed by atoms with E-state index in [1.54, 1.807) is 34.8 Å². The Morgan fingerprint density at radius 1 is 1.07 bits per heavy atom. The van der Waals surface area contributed by atoms with Crippen LogP contribution in [0.4, 0.5) is 0 Å². The third kappa shape index (κ3) is 3.90. The highest BCUT2D eigenvalue weighted by atomic mass is 32.2. The summed E-state index contributed by atoms with van der Waals surface area (Å²) in [6, 6.07) is 21.8. The maximum Gasteiger partial charge on any atom is 0.267 e. The number of ether oxygens (including phenoxy) is 1. The molecule has 0 saturated heterocycles. The van der Waals surface area contributed by atoms with Gasteiger partial charge in [0.25, 0.3) is 5.56 Å². The molecule has 0 fully saturated rings. The predicted octanol–water partition coefficient (Wildman–Crippen LogP) is 5.24. The zero-order valence-corrected chi connectivity index (χ0v) is 17.1. The van der Waals surface area contributed by atoms with E-state index in [0.29, 0.717) is 12.0 Å². The first kappa shape index (κ1) is 18.9. The molecule has 0 aliphatic rings. The molecule has 0 radical (unpaired) electrons. The van der Waals surface area contributed by atoms with Crippen molar-refractivity contribution in [1.82, 2.24) is 9.55 Å². The van der Waals surface area contributed by atoms with Gasteiger partial charge in [-0.15, -0.1) is 11.3 Å². The molecule has 28 heavy (non-hydrogen) atoms. The second-order valence-electron chi connectivity index (χ2n) is 6.26. The van der Waals surface area contributed by atoms with Crippen LogP contribution in [0.25, 0.3) is 26.3 Å². The Morgan fingerprint density at radius 3 is 2.50 bits per heavy atom. The van der Waals surface area contributed by atoms with E-state index in [0.717, 1.165) is 38.3 Å². The van der Waals surface area contributed by atoms with Gasteiger partial charge < -0.3 is 4.74 Å². The molecule has 0 amide bonds. The second-order valence-corrected chi connectivity index (χ2v) is 8.35. The lowest BCUT2D eigenvalue weighted by atomic mass is 10.2. The van der Waals surface area contributed by atoms with Gasteiger partial charge in [-0.25, -0.2) is 4.98 Å². The fourth-order valence-corrected chi connectivity index (χ4v) is 4.98. The molecule has 0 spiro atoms. The van der Waals surface area contributed by atoms with Gasteiger partial charge in [-0.3, -0.25) is 9.36 Å². The summed E-state index contributed by atoms with van der Waals surface area (Å²) >= 11 is 3.16. The molecule has 2 aromatic carbocycles. The summed E-state index contributed by atoms with van der Waals surface area (Å²) in [7, 11) is 1.70. The number of hydrogen-bond acceptors (Lipinski definition) is 5. The fourth-order valence-electron chi connectivity index (χ4n) is 2.97. The quantitative estimate of drug-likeness (QED) is 0.238. The largest absolute Gasteiger partial charge is 0.385 e. The molecule has 2 heterocycles. The molecule has 6 heteroatoms. The highest BCUT2D eigenvalue weighted by Crippen LogP contribution is 2.32. The number of benzene rings is 2. The third-order valence-electron chi connectivity index (χ3n) is 4.33. The van der Waals surface area contributed by atoms with Gasteiger partial charge >= 0.3 is 0 Å². The first-order chi connectivity index (χ1) is 13.8. The van der Waals surface area contributed by atoms with Crippen molar-refractivity contribution in [2.24, 2.45) is 0 Å². The van der Waals surface area contributed by atoms with Gasteiger partial charge in [-0.2, -0.15) is 0 Å². The number of thiophene rings is 1. The van der Waals surface area contributed by atoms with E-state index in [1.807, 2.05) is 54.6 Å². The van der Waals surface area contributed by atoms with Crippen molar-refractivity contribution in [3.05, 3.63) is 77.1 Å². The van der Waals surface area contributed by atoms with Crippen LogP contribution in [-0.4, -0.2) is 29.0 Å². The standard InChI is InChI=1S/C22H20N2O2S2/c1-26-13-8-14-27-22-23-20-18(15-19(28-20)16-9-4-2-5-10-16)21(25)24(22)17-11-6-3-7-12-17/h2-7,9-12,15H,8,13-14H2,1H3. The van der Waals surface area contributed by atoms with Crippen LogP contribution in [-0.2, 0) is 4.74 Å². The Morgan fingerprint density at radius 2 is 1.79 bits per heavy atom. The monoisotopic (exact) mass is 408 g/mol. The van der Waals surface area contributed by atoms with Crippen molar-refractivity contribution in [3.8, 4) is 16.1 Å². The molecule has 4 rings (SSSR count). The highest BCUT2D eigenvalue weighted by molar-refractivity contribution is 7.99. The molecule has 0 unspecified atom stereocenters. The fraction of sp³-hybridized carbons (Fsp3) is 0.182. The predicted molar refractivity (Wildman–Crippen MR) is 118 cm³/mol. The molecule has 0 aliphatic carbocycles. The number of para-hydroxylation sites is 1. The van der Waals surface area contributed by atoms with Crippen LogP contribution in [0.1, 0.15) is 6.42 Å². The number of methoxy groups -OCH3 is 1. The van der Waals surface area contributed by atoms with Crippen LogP contribution in [0.2, 0.25) is 0 Å². The van der Waals surface area contributed by atoms with Gasteiger partial charge in [-0.1, -0.05) is 60.3 Å². The minimum absolute atomic E-state index is 0.0242. The molecule has 4 aromatic rings. The summed E-state index contributed by atoms with van der Waals surface area (Å²) in [4.78, 5) is 20.1. The van der Waals surface area contributed by atoms with Crippen molar-refractivity contribution in [3.63, 3.8) is 0 Å². The Kier molecular flexibility index (Phi) is 5.90. The molecule has 142 valence electrons. The molecule has 4 nitrogen and oxygen atoms in total. The van der Waals surface area contributed by atoms with Crippen molar-refractivity contribution in [1.29, 1.82) is 0 Å². The average molecular weight is 409 g/mol. The Hall–Kier alpha value is -2.41. The summed E-state index contributed by atoms with van der Waals surface area (Å²) in [5, 5.41) is 1.38. The van der Waals surface area contributed by atoms with E-state index in [9.17, 15) is 4.79 Å². The molecule has 0 saturated carbocycles. The van der Waals surface area contributed by atoms with Crippen LogP contribution in [0.5, 0.6) is 0 Å². The highest BCUT2D eigenvalue weighted by Gasteiger charge is 2.16. The number of rotatable bonds is 7. The summed E-state index contributed by atoms with van der Waals surface area (Å²) in [6.07, 6.45) is 0.906. The van der Waals surface area contributed by atoms with E-state index in [4.69, 9.17) is 9.72 Å². The van der Waals surface area contributed by atoms with E-state index in [-0.39, 0.29) is 5.56 Å². The summed E-state index contributed by atoms with van der Waals surface area (Å²) in [6.45, 7) is 0.696. The molecule has 2 aromatic heterocycles. The lowest BCUT2D eigenvalue weighted by Crippen LogP contribution is -2.21. The molecule has 0 bridgehead atoms. The molecule has 0 aliphatic heterocycles. The molecule has 0 atom stereocenters. The van der Waals surface area contributed by atoms with Crippen LogP contribution < -0.4 is 5.56 Å². The van der Waals surface area contributed by atoms with E-state index in [2.05, 4.69) is 12.1 Å². The number of fused-ring (bicyclic) bond motifs is 1. The summed E-state index contributed by atoms with van der Waals surface area (Å²) in [5.74, 6) is 0.843. The van der Waals surface area contributed by atoms with Crippen LogP contribution in [0, 0.1) is 0 Å². The second kappa shape index (κ2) is 8.73. The SMILES string of the molecule is COCCCSc1nc2sc(-c3ccccc3)cc2c(=O)n1-c1ccccc1. The van der Waals surface area contributed by atoms with Gasteiger partial charge in [0.15, 0.2) is 5.16 Å². The number of hydrogen-bond donors (Lipinski definition) is 0. The van der Waals surface area contributed by atoms with Gasteiger partial charge in [-0.05, 0) is 30.2 Å². The van der Waals surface area contributed by atoms with Crippen molar-refractivity contribution >= 4 is 33.3 Å². The Labute approximate surface area is 171 Å². The third-order valence-corrected chi connectivity index (χ3v) is 6.43. The van der Waals surface area contributed by atoms with Crippen LogP contribution in [0.3, 0.4) is 0 Å². The van der Waals surface area contributed by atoms with E-state index < -0.39 is 0 Å². The van der Waals surface area contributed by atoms with Gasteiger partial charge in [0.05, 0.1) is 11.1 Å². The van der Waals surface area contributed by atoms with Crippen LogP contribution >= 0.6 is 23.1 Å². The summed E-state index contributed by atoms with van der Waals surface area (Å²) in [5.41, 5.74) is 1.91. The van der Waals surface area contributed by atoms with Gasteiger partial charge in [0, 0.05) is 24.3 Å². The van der Waals surface area contributed by atoms with Gasteiger partial charge in [0.2, 0.25) is 0 Å². The first-order valence-corrected chi connectivity index (χ1v) is 10.9. The van der Waals surface area contributed by atoms with Crippen molar-refractivity contribution in [2.45, 2.75) is 11.6 Å². The smallest absolute Gasteiger partial charge is 0.267 e. The lowest BCUT2D eigenvalue weighted by molar-refractivity contribution is 0.200. The first-order valence-electron chi connectivity index (χ1n) is 9.07. The van der Waals surface area contributed by atoms with Crippen LogP contribution in [0.15, 0.2) is 76.7 Å². The van der Waals surface area contributed by atoms with Crippen molar-refractivity contribution < 1.29 is 4.74 Å². The maximum absolute atomic E-state index is 13.4. The average Bonchev–Trinajstić information content (AvgIpc) is 3.17. The van der Waals surface area contributed by atoms with E-state index in [1.165, 1.54) is 0 Å². The maximum atomic E-state index is 13.4. The lowest BCUT2D eigenvalue weighted by Gasteiger charge is -2.11. The Bertz CT molecular complexity index is 1120. The van der Waals surface area contributed by atoms with Crippen molar-refractivity contribution in [2.75, 3.05) is 19.5 Å². The Balaban J connectivity index is 1.84. The number of nitrogens with zero attached hydrogens (tertiary/aromatic N) is 2. The minimum Gasteiger partial charge on any atom is -0.385 e. The molecule has 0 N–H and O–H groups in total. The number of aromatic nitrogens is 2. The van der Waals surface area contributed by atoms with Gasteiger partial charge in [0.1, 0.15) is 4.83 Å². The summed E-state index contributed by atoms with van der Waals surface area (Å²) < 4.78 is 6.86. The normalized spacial score (nSPS) is 11.2. The molecular weight excluding hydrogens is 388 g/mol. The molecular formula is C22H20N2O2S2. The minimum atomic E-state index is -0.0242. The topological polar surface area (TPSA) is 44.1 Å². The zero-order valence-electron chi connectivity index (χ0n) is 15.5. The number of thioether (sulfide) groups is 1. The van der Waals surface area contributed by atoms with E-state index >= 15 is 0 Å².